The maximum absolute atomic E-state index is 11.3. The molecule has 0 radical (unpaired) electrons. The normalized spacial score (nSPS) is 13.6. The van der Waals surface area contributed by atoms with Crippen LogP contribution in [0.1, 0.15) is 26.2 Å². The number of carbonyl (C=O) groups is 1. The van der Waals surface area contributed by atoms with Crippen molar-refractivity contribution in [2.75, 3.05) is 13.7 Å². The van der Waals surface area contributed by atoms with Gasteiger partial charge in [0.2, 0.25) is 5.91 Å². The molecule has 0 bridgehead atoms. The smallest absolute Gasteiger partial charge is 0.222 e. The molecule has 0 aromatic heterocycles. The van der Waals surface area contributed by atoms with Crippen molar-refractivity contribution >= 4 is 11.7 Å². The zero-order valence-electron chi connectivity index (χ0n) is 9.19. The van der Waals surface area contributed by atoms with Gasteiger partial charge in [0.1, 0.15) is 0 Å². The summed E-state index contributed by atoms with van der Waals surface area (Å²) < 4.78 is 4.77. The first-order valence-electron chi connectivity index (χ1n) is 4.91. The number of amides is 1. The quantitative estimate of drug-likeness (QED) is 0.243. The van der Waals surface area contributed by atoms with Crippen LogP contribution in [-0.2, 0) is 9.53 Å². The first-order valence-corrected chi connectivity index (χ1v) is 4.91. The molecule has 1 unspecified atom stereocenters. The van der Waals surface area contributed by atoms with Crippen molar-refractivity contribution < 1.29 is 14.7 Å². The van der Waals surface area contributed by atoms with Crippen molar-refractivity contribution in [3.63, 3.8) is 0 Å². The lowest BCUT2D eigenvalue weighted by molar-refractivity contribution is -0.122. The van der Waals surface area contributed by atoms with Gasteiger partial charge in [-0.1, -0.05) is 18.5 Å². The van der Waals surface area contributed by atoms with E-state index in [1.165, 1.54) is 7.11 Å². The minimum Gasteiger partial charge on any atom is -0.409 e. The van der Waals surface area contributed by atoms with E-state index < -0.39 is 6.04 Å². The highest BCUT2D eigenvalue weighted by molar-refractivity contribution is 5.89. The number of rotatable bonds is 7. The molecule has 0 saturated heterocycles. The fourth-order valence-corrected chi connectivity index (χ4v) is 1.11. The number of nitrogens with zero attached hydrogens (tertiary/aromatic N) is 1. The maximum atomic E-state index is 11.3. The molecule has 0 heterocycles. The van der Waals surface area contributed by atoms with Gasteiger partial charge in [0.15, 0.2) is 5.84 Å². The molecule has 0 rings (SSSR count). The van der Waals surface area contributed by atoms with Gasteiger partial charge in [-0.15, -0.1) is 0 Å². The molecule has 88 valence electrons. The summed E-state index contributed by atoms with van der Waals surface area (Å²) in [5, 5.41) is 14.1. The Labute approximate surface area is 89.5 Å². The largest absolute Gasteiger partial charge is 0.409 e. The van der Waals surface area contributed by atoms with Crippen molar-refractivity contribution in [1.29, 1.82) is 0 Å². The lowest BCUT2D eigenvalue weighted by Gasteiger charge is -2.16. The number of amidine groups is 1. The van der Waals surface area contributed by atoms with Crippen LogP contribution < -0.4 is 11.1 Å². The van der Waals surface area contributed by atoms with Crippen LogP contribution in [-0.4, -0.2) is 36.7 Å². The van der Waals surface area contributed by atoms with Crippen LogP contribution in [0.3, 0.4) is 0 Å². The molecule has 0 fully saturated rings. The Morgan fingerprint density at radius 1 is 1.67 bits per heavy atom. The fraction of sp³-hybridized carbons (Fsp3) is 0.778. The zero-order chi connectivity index (χ0) is 11.7. The van der Waals surface area contributed by atoms with Gasteiger partial charge in [-0.25, -0.2) is 0 Å². The average molecular weight is 217 g/mol. The van der Waals surface area contributed by atoms with E-state index in [1.807, 2.05) is 6.92 Å². The highest BCUT2D eigenvalue weighted by Crippen LogP contribution is 1.97. The Morgan fingerprint density at radius 2 is 2.33 bits per heavy atom. The molecule has 0 aliphatic carbocycles. The van der Waals surface area contributed by atoms with Crippen LogP contribution >= 0.6 is 0 Å². The molecule has 0 aliphatic rings. The van der Waals surface area contributed by atoms with E-state index in [0.29, 0.717) is 13.0 Å². The molecule has 0 spiro atoms. The van der Waals surface area contributed by atoms with E-state index in [1.54, 1.807) is 0 Å². The zero-order valence-corrected chi connectivity index (χ0v) is 9.19. The summed E-state index contributed by atoms with van der Waals surface area (Å²) in [6.07, 6.45) is 1.76. The third-order valence-corrected chi connectivity index (χ3v) is 1.92. The van der Waals surface area contributed by atoms with Crippen molar-refractivity contribution in [2.45, 2.75) is 32.2 Å². The number of nitrogens with one attached hydrogen (secondary N) is 1. The predicted octanol–water partition coefficient (Wildman–Crippen LogP) is 0.0542. The minimum atomic E-state index is -0.399. The molecule has 15 heavy (non-hydrogen) atoms. The van der Waals surface area contributed by atoms with Crippen molar-refractivity contribution in [3.05, 3.63) is 0 Å². The second-order valence-electron chi connectivity index (χ2n) is 3.18. The van der Waals surface area contributed by atoms with Gasteiger partial charge in [0, 0.05) is 13.5 Å². The van der Waals surface area contributed by atoms with Gasteiger partial charge in [0.25, 0.3) is 0 Å². The summed E-state index contributed by atoms with van der Waals surface area (Å²) in [6, 6.07) is -0.399. The Morgan fingerprint density at radius 3 is 2.80 bits per heavy atom. The number of hydrogen-bond donors (Lipinski definition) is 3. The van der Waals surface area contributed by atoms with Gasteiger partial charge in [-0.3, -0.25) is 4.79 Å². The molecule has 4 N–H and O–H groups in total. The molecule has 6 heteroatoms. The first-order chi connectivity index (χ1) is 7.15. The van der Waals surface area contributed by atoms with Gasteiger partial charge < -0.3 is 21.0 Å². The van der Waals surface area contributed by atoms with Gasteiger partial charge in [0.05, 0.1) is 12.6 Å². The van der Waals surface area contributed by atoms with E-state index in [4.69, 9.17) is 15.7 Å². The molecule has 6 nitrogen and oxygen atoms in total. The Kier molecular flexibility index (Phi) is 7.35. The molecular weight excluding hydrogens is 198 g/mol. The molecule has 1 atom stereocenters. The van der Waals surface area contributed by atoms with Crippen LogP contribution in [0, 0.1) is 0 Å². The van der Waals surface area contributed by atoms with Crippen LogP contribution in [0.2, 0.25) is 0 Å². The van der Waals surface area contributed by atoms with Gasteiger partial charge >= 0.3 is 0 Å². The number of nitrogens with two attached hydrogens (primary N) is 1. The summed E-state index contributed by atoms with van der Waals surface area (Å²) >= 11 is 0. The fourth-order valence-electron chi connectivity index (χ4n) is 1.11. The second-order valence-corrected chi connectivity index (χ2v) is 3.18. The van der Waals surface area contributed by atoms with Crippen molar-refractivity contribution in [3.8, 4) is 0 Å². The lowest BCUT2D eigenvalue weighted by atomic mass is 10.1. The molecule has 0 saturated carbocycles. The predicted molar refractivity (Wildman–Crippen MR) is 56.7 cm³/mol. The number of oxime groups is 1. The molecule has 0 aliphatic heterocycles. The molecule has 1 amide bonds. The summed E-state index contributed by atoms with van der Waals surface area (Å²) in [5.41, 5.74) is 5.43. The summed E-state index contributed by atoms with van der Waals surface area (Å²) in [4.78, 5) is 11.3. The molecule has 0 aromatic carbocycles. The highest BCUT2D eigenvalue weighted by Gasteiger charge is 2.15. The Balaban J connectivity index is 4.10. The van der Waals surface area contributed by atoms with Crippen LogP contribution in [0.4, 0.5) is 0 Å². The van der Waals surface area contributed by atoms with Crippen molar-refractivity contribution in [1.82, 2.24) is 5.32 Å². The van der Waals surface area contributed by atoms with Crippen LogP contribution in [0.25, 0.3) is 0 Å². The Hall–Kier alpha value is -1.30. The standard InChI is InChI=1S/C9H19N3O3/c1-3-4-7(9(10)12-14)11-8(13)5-6-15-2/h7,14H,3-6H2,1-2H3,(H2,10,12)(H,11,13). The Bertz CT molecular complexity index is 219. The molecular formula is C9H19N3O3. The minimum absolute atomic E-state index is 0.0302. The van der Waals surface area contributed by atoms with E-state index in [2.05, 4.69) is 10.5 Å². The first kappa shape index (κ1) is 13.7. The van der Waals surface area contributed by atoms with Crippen LogP contribution in [0.15, 0.2) is 5.16 Å². The number of ether oxygens (including phenoxy) is 1. The number of methoxy groups -OCH3 is 1. The van der Waals surface area contributed by atoms with Crippen LogP contribution in [0.5, 0.6) is 0 Å². The maximum Gasteiger partial charge on any atom is 0.222 e. The van der Waals surface area contributed by atoms with Gasteiger partial charge in [-0.2, -0.15) is 0 Å². The van der Waals surface area contributed by atoms with E-state index in [9.17, 15) is 4.79 Å². The van der Waals surface area contributed by atoms with Crippen molar-refractivity contribution in [2.24, 2.45) is 10.9 Å². The highest BCUT2D eigenvalue weighted by atomic mass is 16.5. The molecule has 0 aromatic rings. The monoisotopic (exact) mass is 217 g/mol. The lowest BCUT2D eigenvalue weighted by Crippen LogP contribution is -2.44. The average Bonchev–Trinajstić information content (AvgIpc) is 2.24. The summed E-state index contributed by atoms with van der Waals surface area (Å²) in [5.74, 6) is -0.135. The summed E-state index contributed by atoms with van der Waals surface area (Å²) in [6.45, 7) is 2.32. The van der Waals surface area contributed by atoms with E-state index >= 15 is 0 Å². The van der Waals surface area contributed by atoms with E-state index in [0.717, 1.165) is 6.42 Å². The third kappa shape index (κ3) is 5.90. The third-order valence-electron chi connectivity index (χ3n) is 1.92. The van der Waals surface area contributed by atoms with Gasteiger partial charge in [-0.05, 0) is 6.42 Å². The van der Waals surface area contributed by atoms with E-state index in [-0.39, 0.29) is 18.2 Å². The SMILES string of the molecule is CCCC(NC(=O)CCOC)C(N)=NO. The topological polar surface area (TPSA) is 96.9 Å². The summed E-state index contributed by atoms with van der Waals surface area (Å²) in [7, 11) is 1.53. The second kappa shape index (κ2) is 8.05. The number of hydrogen-bond acceptors (Lipinski definition) is 4. The number of carbonyl (C=O) groups excluding carboxylic acids is 1.